The predicted molar refractivity (Wildman–Crippen MR) is 46.3 cm³/mol. The van der Waals surface area contributed by atoms with Crippen molar-refractivity contribution in [3.63, 3.8) is 0 Å². The molecule has 0 atom stereocenters. The fourth-order valence-electron chi connectivity index (χ4n) is 1.02. The standard InChI is InChI=1S/C10H7N2/c1-2-4-9(5-3-1)10-8-11-6-7-12-10/h1-5,7-8H. The molecule has 0 aliphatic heterocycles. The first kappa shape index (κ1) is 6.98. The lowest BCUT2D eigenvalue weighted by Crippen LogP contribution is -1.82. The SMILES string of the molecule is [c]1cnc(-c2ccccc2)cn1. The van der Waals surface area contributed by atoms with Gasteiger partial charge in [0.15, 0.2) is 0 Å². The van der Waals surface area contributed by atoms with Gasteiger partial charge in [-0.1, -0.05) is 30.3 Å². The third-order valence-electron chi connectivity index (χ3n) is 1.59. The Bertz CT molecular complexity index is 305. The van der Waals surface area contributed by atoms with Crippen molar-refractivity contribution in [3.05, 3.63) is 48.9 Å². The third-order valence-corrected chi connectivity index (χ3v) is 1.59. The molecule has 1 radical (unpaired) electrons. The van der Waals surface area contributed by atoms with Gasteiger partial charge in [0.1, 0.15) is 6.20 Å². The first-order valence-electron chi connectivity index (χ1n) is 3.70. The second-order valence-corrected chi connectivity index (χ2v) is 2.40. The summed E-state index contributed by atoms with van der Waals surface area (Å²) < 4.78 is 0. The van der Waals surface area contributed by atoms with Crippen LogP contribution in [0.3, 0.4) is 0 Å². The van der Waals surface area contributed by atoms with Crippen LogP contribution in [0.4, 0.5) is 0 Å². The molecule has 0 spiro atoms. The lowest BCUT2D eigenvalue weighted by Gasteiger charge is -1.96. The van der Waals surface area contributed by atoms with Gasteiger partial charge >= 0.3 is 0 Å². The van der Waals surface area contributed by atoms with E-state index in [1.54, 1.807) is 12.4 Å². The van der Waals surface area contributed by atoms with Crippen molar-refractivity contribution in [1.82, 2.24) is 9.97 Å². The van der Waals surface area contributed by atoms with Crippen molar-refractivity contribution in [2.24, 2.45) is 0 Å². The lowest BCUT2D eigenvalue weighted by atomic mass is 10.2. The summed E-state index contributed by atoms with van der Waals surface area (Å²) >= 11 is 0. The van der Waals surface area contributed by atoms with Crippen molar-refractivity contribution in [2.45, 2.75) is 0 Å². The summed E-state index contributed by atoms with van der Waals surface area (Å²) in [5.41, 5.74) is 1.97. The van der Waals surface area contributed by atoms with Crippen molar-refractivity contribution in [3.8, 4) is 11.3 Å². The maximum Gasteiger partial charge on any atom is 0.109 e. The quantitative estimate of drug-likeness (QED) is 0.629. The molecule has 0 bridgehead atoms. The van der Waals surface area contributed by atoms with Gasteiger partial charge in [-0.15, -0.1) is 0 Å². The second kappa shape index (κ2) is 3.13. The van der Waals surface area contributed by atoms with E-state index in [0.717, 1.165) is 11.3 Å². The van der Waals surface area contributed by atoms with Gasteiger partial charge in [0.05, 0.1) is 18.1 Å². The molecule has 2 heteroatoms. The van der Waals surface area contributed by atoms with Crippen LogP contribution in [0.2, 0.25) is 0 Å². The Morgan fingerprint density at radius 3 is 2.58 bits per heavy atom. The van der Waals surface area contributed by atoms with E-state index < -0.39 is 0 Å². The molecule has 1 heterocycles. The lowest BCUT2D eigenvalue weighted by molar-refractivity contribution is 1.19. The summed E-state index contributed by atoms with van der Waals surface area (Å²) in [4.78, 5) is 8.00. The van der Waals surface area contributed by atoms with Crippen LogP contribution in [0.5, 0.6) is 0 Å². The molecule has 57 valence electrons. The van der Waals surface area contributed by atoms with Crippen LogP contribution in [0.15, 0.2) is 42.7 Å². The Hall–Kier alpha value is -1.70. The molecular formula is C10H7N2. The maximum absolute atomic E-state index is 4.13. The Morgan fingerprint density at radius 2 is 1.92 bits per heavy atom. The van der Waals surface area contributed by atoms with Crippen LogP contribution in [-0.4, -0.2) is 9.97 Å². The van der Waals surface area contributed by atoms with Crippen LogP contribution in [-0.2, 0) is 0 Å². The molecule has 0 saturated carbocycles. The Balaban J connectivity index is 2.46. The zero-order chi connectivity index (χ0) is 8.23. The minimum absolute atomic E-state index is 0.884. The van der Waals surface area contributed by atoms with Gasteiger partial charge in [0.25, 0.3) is 0 Å². The largest absolute Gasteiger partial charge is 0.252 e. The first-order chi connectivity index (χ1) is 5.97. The van der Waals surface area contributed by atoms with Crippen molar-refractivity contribution in [1.29, 1.82) is 0 Å². The second-order valence-electron chi connectivity index (χ2n) is 2.40. The molecule has 0 fully saturated rings. The van der Waals surface area contributed by atoms with Crippen molar-refractivity contribution >= 4 is 0 Å². The van der Waals surface area contributed by atoms with Crippen LogP contribution in [0.1, 0.15) is 0 Å². The highest BCUT2D eigenvalue weighted by Gasteiger charge is 1.94. The number of hydrogen-bond donors (Lipinski definition) is 0. The molecule has 12 heavy (non-hydrogen) atoms. The van der Waals surface area contributed by atoms with Crippen molar-refractivity contribution < 1.29 is 0 Å². The Labute approximate surface area is 70.9 Å². The van der Waals surface area contributed by atoms with Crippen LogP contribution < -0.4 is 0 Å². The summed E-state index contributed by atoms with van der Waals surface area (Å²) in [6.45, 7) is 0. The van der Waals surface area contributed by atoms with Gasteiger partial charge in [-0.05, 0) is 0 Å². The average Bonchev–Trinajstić information content (AvgIpc) is 2.21. The van der Waals surface area contributed by atoms with E-state index in [0.29, 0.717) is 0 Å². The van der Waals surface area contributed by atoms with Gasteiger partial charge in [0.2, 0.25) is 0 Å². The number of aromatic nitrogens is 2. The van der Waals surface area contributed by atoms with Gasteiger partial charge in [-0.2, -0.15) is 0 Å². The van der Waals surface area contributed by atoms with Crippen LogP contribution >= 0.6 is 0 Å². The van der Waals surface area contributed by atoms with Gasteiger partial charge in [-0.25, -0.2) is 0 Å². The molecule has 1 aromatic heterocycles. The summed E-state index contributed by atoms with van der Waals surface area (Å²) in [6.07, 6.45) is 5.92. The molecule has 0 saturated heterocycles. The average molecular weight is 155 g/mol. The monoisotopic (exact) mass is 155 g/mol. The zero-order valence-electron chi connectivity index (χ0n) is 6.44. The predicted octanol–water partition coefficient (Wildman–Crippen LogP) is 1.94. The molecule has 0 amide bonds. The van der Waals surface area contributed by atoms with Crippen LogP contribution in [0.25, 0.3) is 11.3 Å². The normalized spacial score (nSPS) is 9.67. The fourth-order valence-corrected chi connectivity index (χ4v) is 1.02. The molecule has 1 aromatic carbocycles. The minimum atomic E-state index is 0.884. The maximum atomic E-state index is 4.13. The van der Waals surface area contributed by atoms with Crippen LogP contribution in [0, 0.1) is 6.20 Å². The van der Waals surface area contributed by atoms with Crippen molar-refractivity contribution in [2.75, 3.05) is 0 Å². The fraction of sp³-hybridized carbons (Fsp3) is 0. The van der Waals surface area contributed by atoms with E-state index in [1.165, 1.54) is 0 Å². The summed E-state index contributed by atoms with van der Waals surface area (Å²) in [6, 6.07) is 9.95. The van der Waals surface area contributed by atoms with Gasteiger partial charge in [0, 0.05) is 5.56 Å². The highest BCUT2D eigenvalue weighted by Crippen LogP contribution is 2.13. The first-order valence-corrected chi connectivity index (χ1v) is 3.70. The number of benzene rings is 1. The molecule has 0 unspecified atom stereocenters. The minimum Gasteiger partial charge on any atom is -0.252 e. The number of nitrogens with zero attached hydrogens (tertiary/aromatic N) is 2. The molecule has 0 aliphatic carbocycles. The topological polar surface area (TPSA) is 25.8 Å². The zero-order valence-corrected chi connectivity index (χ0v) is 6.44. The smallest absolute Gasteiger partial charge is 0.109 e. The van der Waals surface area contributed by atoms with E-state index in [2.05, 4.69) is 16.2 Å². The summed E-state index contributed by atoms with van der Waals surface area (Å²) in [5.74, 6) is 0. The van der Waals surface area contributed by atoms with E-state index in [9.17, 15) is 0 Å². The molecule has 0 N–H and O–H groups in total. The molecule has 0 aliphatic rings. The Kier molecular flexibility index (Phi) is 1.82. The molecular weight excluding hydrogens is 148 g/mol. The third kappa shape index (κ3) is 1.32. The van der Waals surface area contributed by atoms with Gasteiger partial charge < -0.3 is 0 Å². The highest BCUT2D eigenvalue weighted by molar-refractivity contribution is 5.57. The number of hydrogen-bond acceptors (Lipinski definition) is 2. The van der Waals surface area contributed by atoms with Gasteiger partial charge in [-0.3, -0.25) is 9.97 Å². The van der Waals surface area contributed by atoms with E-state index in [4.69, 9.17) is 0 Å². The highest BCUT2D eigenvalue weighted by atomic mass is 14.8. The van der Waals surface area contributed by atoms with E-state index in [1.807, 2.05) is 30.3 Å². The van der Waals surface area contributed by atoms with E-state index >= 15 is 0 Å². The number of rotatable bonds is 1. The Morgan fingerprint density at radius 1 is 1.08 bits per heavy atom. The molecule has 2 aromatic rings. The van der Waals surface area contributed by atoms with E-state index in [-0.39, 0.29) is 0 Å². The molecule has 2 rings (SSSR count). The summed E-state index contributed by atoms with van der Waals surface area (Å²) in [5, 5.41) is 0. The summed E-state index contributed by atoms with van der Waals surface area (Å²) in [7, 11) is 0. The molecule has 2 nitrogen and oxygen atoms in total.